The molecule has 3 amide bonds. The van der Waals surface area contributed by atoms with Crippen LogP contribution in [0.1, 0.15) is 75.1 Å². The van der Waals surface area contributed by atoms with Crippen molar-refractivity contribution in [2.75, 3.05) is 6.54 Å². The van der Waals surface area contributed by atoms with Gasteiger partial charge >= 0.3 is 0 Å². The number of likely N-dealkylation sites (tertiary alicyclic amines) is 1. The molecule has 1 aromatic carbocycles. The fourth-order valence-electron chi connectivity index (χ4n) is 5.48. The number of nitrogens with two attached hydrogens (primary N) is 1. The van der Waals surface area contributed by atoms with E-state index in [2.05, 4.69) is 11.9 Å². The number of phenols is 1. The minimum Gasteiger partial charge on any atom is -0.507 e. The maximum absolute atomic E-state index is 13.7. The number of piperidine rings is 1. The van der Waals surface area contributed by atoms with E-state index >= 15 is 0 Å². The van der Waals surface area contributed by atoms with Crippen LogP contribution in [0.25, 0.3) is 0 Å². The number of para-hydroxylation sites is 1. The number of allylic oxidation sites excluding steroid dienone is 1. The molecule has 36 heavy (non-hydrogen) atoms. The fourth-order valence-corrected chi connectivity index (χ4v) is 5.48. The molecule has 1 heterocycles. The zero-order valence-electron chi connectivity index (χ0n) is 21.2. The predicted octanol–water partition coefficient (Wildman–Crippen LogP) is 3.49. The van der Waals surface area contributed by atoms with Gasteiger partial charge in [-0.05, 0) is 56.1 Å². The summed E-state index contributed by atoms with van der Waals surface area (Å²) in [6, 6.07) is 5.83. The Balaban J connectivity index is 1.39. The van der Waals surface area contributed by atoms with Gasteiger partial charge in [0.1, 0.15) is 11.8 Å². The highest BCUT2D eigenvalue weighted by molar-refractivity contribution is 5.99. The molecule has 0 radical (unpaired) electrons. The minimum absolute atomic E-state index is 0.0122. The number of benzene rings is 1. The minimum atomic E-state index is -0.650. The van der Waals surface area contributed by atoms with E-state index in [-0.39, 0.29) is 35.1 Å². The van der Waals surface area contributed by atoms with Gasteiger partial charge in [0.25, 0.3) is 11.8 Å². The summed E-state index contributed by atoms with van der Waals surface area (Å²) >= 11 is 0. The zero-order chi connectivity index (χ0) is 25.8. The van der Waals surface area contributed by atoms with E-state index in [4.69, 9.17) is 10.5 Å². The Morgan fingerprint density at radius 1 is 1.25 bits per heavy atom. The Hall–Kier alpha value is -3.03. The van der Waals surface area contributed by atoms with Crippen LogP contribution in [-0.2, 0) is 14.3 Å². The summed E-state index contributed by atoms with van der Waals surface area (Å²) in [5.41, 5.74) is 5.65. The van der Waals surface area contributed by atoms with E-state index < -0.39 is 24.0 Å². The largest absolute Gasteiger partial charge is 0.507 e. The molecular weight excluding hydrogens is 458 g/mol. The molecule has 8 heteroatoms. The maximum atomic E-state index is 13.7. The number of carbonyl (C=O) groups is 3. The summed E-state index contributed by atoms with van der Waals surface area (Å²) in [6.07, 6.45) is 7.92. The number of phenolic OH excluding ortho intramolecular Hbond substituents is 1. The number of hydrogen-bond acceptors (Lipinski definition) is 5. The third kappa shape index (κ3) is 6.20. The lowest BCUT2D eigenvalue weighted by atomic mass is 9.76. The van der Waals surface area contributed by atoms with Crippen molar-refractivity contribution in [3.63, 3.8) is 0 Å². The summed E-state index contributed by atoms with van der Waals surface area (Å²) in [5.74, 6) is 0.247. The molecule has 1 aliphatic heterocycles. The Kier molecular flexibility index (Phi) is 8.21. The molecule has 2 aliphatic carbocycles. The first-order chi connectivity index (χ1) is 17.2. The summed E-state index contributed by atoms with van der Waals surface area (Å²) in [4.78, 5) is 40.1. The van der Waals surface area contributed by atoms with Crippen molar-refractivity contribution < 1.29 is 24.2 Å². The van der Waals surface area contributed by atoms with E-state index in [0.717, 1.165) is 25.7 Å². The number of amides is 3. The molecule has 3 aliphatic rings. The van der Waals surface area contributed by atoms with Crippen molar-refractivity contribution in [2.45, 2.75) is 82.9 Å². The molecule has 1 saturated heterocycles. The van der Waals surface area contributed by atoms with Crippen LogP contribution in [0.15, 0.2) is 36.6 Å². The van der Waals surface area contributed by atoms with Crippen LogP contribution in [-0.4, -0.2) is 52.5 Å². The maximum Gasteiger partial charge on any atom is 0.258 e. The molecule has 196 valence electrons. The summed E-state index contributed by atoms with van der Waals surface area (Å²) < 4.78 is 5.77. The molecule has 4 N–H and O–H groups in total. The fraction of sp³-hybridized carbons (Fsp3) is 0.607. The number of hydrogen-bond donors (Lipinski definition) is 3. The van der Waals surface area contributed by atoms with Crippen LogP contribution in [0.5, 0.6) is 5.75 Å². The van der Waals surface area contributed by atoms with E-state index in [1.165, 1.54) is 25.3 Å². The topological polar surface area (TPSA) is 122 Å². The Morgan fingerprint density at radius 2 is 1.97 bits per heavy atom. The number of aromatic hydroxyl groups is 1. The van der Waals surface area contributed by atoms with Crippen LogP contribution in [0.4, 0.5) is 0 Å². The molecule has 8 nitrogen and oxygen atoms in total. The summed E-state index contributed by atoms with van der Waals surface area (Å²) in [5, 5.41) is 12.9. The van der Waals surface area contributed by atoms with Crippen molar-refractivity contribution in [3.8, 4) is 5.75 Å². The highest BCUT2D eigenvalue weighted by atomic mass is 16.5. The van der Waals surface area contributed by atoms with Gasteiger partial charge in [0.2, 0.25) is 5.91 Å². The zero-order valence-corrected chi connectivity index (χ0v) is 21.2. The van der Waals surface area contributed by atoms with Gasteiger partial charge < -0.3 is 25.8 Å². The van der Waals surface area contributed by atoms with Crippen LogP contribution in [0.2, 0.25) is 0 Å². The molecule has 4 rings (SSSR count). The normalized spacial score (nSPS) is 25.1. The first kappa shape index (κ1) is 26.0. The standard InChI is InChI=1S/C28H39N3O5/c1-17-15-21(16-19-8-5-9-19)31(14-6-7-18(2)36-25(26(29)33)20-12-13-20)28(35)24(17)30-27(34)22-10-3-4-11-23(22)32/h3-4,10-11,17,19-21,24-25,32H,2,5-9,12-16H2,1H3,(H2,29,33)(H,30,34)/t17?,21-,24?,25?/m1/s1. The van der Waals surface area contributed by atoms with Crippen molar-refractivity contribution in [1.29, 1.82) is 0 Å². The first-order valence-electron chi connectivity index (χ1n) is 13.3. The SMILES string of the molecule is C=C(CCCN1C(=O)C(NC(=O)c2ccccc2O)C(C)C[C@@H]1CC1CCC1)OC(C(N)=O)C1CC1. The molecule has 2 saturated carbocycles. The lowest BCUT2D eigenvalue weighted by Crippen LogP contribution is -2.60. The second-order valence-corrected chi connectivity index (χ2v) is 10.8. The molecular formula is C28H39N3O5. The van der Waals surface area contributed by atoms with Gasteiger partial charge in [0, 0.05) is 24.9 Å². The second-order valence-electron chi connectivity index (χ2n) is 10.8. The van der Waals surface area contributed by atoms with Gasteiger partial charge in [-0.3, -0.25) is 14.4 Å². The molecule has 1 aromatic rings. The smallest absolute Gasteiger partial charge is 0.258 e. The number of ether oxygens (including phenoxy) is 1. The van der Waals surface area contributed by atoms with Crippen LogP contribution in [0.3, 0.4) is 0 Å². The van der Waals surface area contributed by atoms with Gasteiger partial charge in [-0.1, -0.05) is 44.9 Å². The second kappa shape index (κ2) is 11.4. The lowest BCUT2D eigenvalue weighted by molar-refractivity contribution is -0.142. The Labute approximate surface area is 213 Å². The number of rotatable bonds is 12. The van der Waals surface area contributed by atoms with Crippen molar-refractivity contribution in [1.82, 2.24) is 10.2 Å². The van der Waals surface area contributed by atoms with E-state index in [1.54, 1.807) is 18.2 Å². The van der Waals surface area contributed by atoms with Gasteiger partial charge in [-0.25, -0.2) is 0 Å². The molecule has 0 aromatic heterocycles. The van der Waals surface area contributed by atoms with Crippen molar-refractivity contribution in [2.24, 2.45) is 23.5 Å². The van der Waals surface area contributed by atoms with Gasteiger partial charge in [-0.15, -0.1) is 0 Å². The molecule has 3 fully saturated rings. The Morgan fingerprint density at radius 3 is 2.58 bits per heavy atom. The van der Waals surface area contributed by atoms with Crippen LogP contribution >= 0.6 is 0 Å². The predicted molar refractivity (Wildman–Crippen MR) is 136 cm³/mol. The third-order valence-corrected chi connectivity index (χ3v) is 7.95. The lowest BCUT2D eigenvalue weighted by Gasteiger charge is -2.45. The molecule has 0 spiro atoms. The van der Waals surface area contributed by atoms with E-state index in [0.29, 0.717) is 31.1 Å². The summed E-state index contributed by atoms with van der Waals surface area (Å²) in [7, 11) is 0. The third-order valence-electron chi connectivity index (χ3n) is 7.95. The molecule has 4 atom stereocenters. The highest BCUT2D eigenvalue weighted by Gasteiger charge is 2.42. The van der Waals surface area contributed by atoms with Gasteiger partial charge in [0.15, 0.2) is 6.10 Å². The average molecular weight is 498 g/mol. The average Bonchev–Trinajstić information content (AvgIpc) is 3.64. The van der Waals surface area contributed by atoms with Crippen molar-refractivity contribution in [3.05, 3.63) is 42.2 Å². The first-order valence-corrected chi connectivity index (χ1v) is 13.3. The molecule has 0 bridgehead atoms. The summed E-state index contributed by atoms with van der Waals surface area (Å²) in [6.45, 7) is 6.51. The quantitative estimate of drug-likeness (QED) is 0.382. The number of nitrogens with one attached hydrogen (secondary N) is 1. The number of nitrogens with zero attached hydrogens (tertiary/aromatic N) is 1. The highest BCUT2D eigenvalue weighted by Crippen LogP contribution is 2.37. The van der Waals surface area contributed by atoms with E-state index in [9.17, 15) is 19.5 Å². The van der Waals surface area contributed by atoms with Gasteiger partial charge in [0.05, 0.1) is 11.3 Å². The monoisotopic (exact) mass is 497 g/mol. The van der Waals surface area contributed by atoms with Gasteiger partial charge in [-0.2, -0.15) is 0 Å². The Bertz CT molecular complexity index is 987. The van der Waals surface area contributed by atoms with Crippen LogP contribution < -0.4 is 11.1 Å². The molecule has 3 unspecified atom stereocenters. The van der Waals surface area contributed by atoms with Crippen molar-refractivity contribution >= 4 is 17.7 Å². The number of carbonyl (C=O) groups excluding carboxylic acids is 3. The van der Waals surface area contributed by atoms with Crippen LogP contribution in [0, 0.1) is 17.8 Å². The number of primary amides is 1. The van der Waals surface area contributed by atoms with E-state index in [1.807, 2.05) is 11.8 Å².